The molecular formula is C30H39N3O7. The summed E-state index contributed by atoms with van der Waals surface area (Å²) in [5, 5.41) is 15.0. The molecule has 3 rings (SSSR count). The highest BCUT2D eigenvalue weighted by atomic mass is 16.6. The zero-order valence-electron chi connectivity index (χ0n) is 23.5. The van der Waals surface area contributed by atoms with Gasteiger partial charge >= 0.3 is 12.1 Å². The fourth-order valence-corrected chi connectivity index (χ4v) is 4.71. The Bertz CT molecular complexity index is 1150. The molecule has 40 heavy (non-hydrogen) atoms. The fraction of sp³-hybridized carbons (Fsp3) is 0.467. The van der Waals surface area contributed by atoms with Crippen LogP contribution >= 0.6 is 0 Å². The number of hydrogen-bond acceptors (Lipinski definition) is 6. The summed E-state index contributed by atoms with van der Waals surface area (Å²) in [5.74, 6) is -2.21. The number of aliphatic carboxylic acids is 1. The van der Waals surface area contributed by atoms with Crippen molar-refractivity contribution in [3.8, 4) is 0 Å². The maximum Gasteiger partial charge on any atom is 0.408 e. The summed E-state index contributed by atoms with van der Waals surface area (Å²) < 4.78 is 11.3. The molecule has 0 aliphatic carbocycles. The van der Waals surface area contributed by atoms with E-state index in [-0.39, 0.29) is 19.6 Å². The zero-order chi connectivity index (χ0) is 29.3. The van der Waals surface area contributed by atoms with Gasteiger partial charge in [0.1, 0.15) is 24.7 Å². The van der Waals surface area contributed by atoms with Gasteiger partial charge in [-0.15, -0.1) is 0 Å². The highest BCUT2D eigenvalue weighted by Crippen LogP contribution is 2.20. The van der Waals surface area contributed by atoms with Gasteiger partial charge in [0.25, 0.3) is 0 Å². The summed E-state index contributed by atoms with van der Waals surface area (Å²) in [4.78, 5) is 53.1. The van der Waals surface area contributed by atoms with Crippen LogP contribution in [0.15, 0.2) is 60.7 Å². The third-order valence-electron chi connectivity index (χ3n) is 6.50. The Morgan fingerprint density at radius 3 is 2.15 bits per heavy atom. The van der Waals surface area contributed by atoms with Crippen molar-refractivity contribution in [2.45, 2.75) is 83.4 Å². The number of nitrogens with zero attached hydrogens (tertiary/aromatic N) is 1. The van der Waals surface area contributed by atoms with Gasteiger partial charge in [-0.1, -0.05) is 60.7 Å². The number of alkyl carbamates (subject to hydrolysis) is 1. The van der Waals surface area contributed by atoms with Crippen molar-refractivity contribution >= 4 is 23.9 Å². The van der Waals surface area contributed by atoms with Crippen molar-refractivity contribution in [2.24, 2.45) is 0 Å². The van der Waals surface area contributed by atoms with E-state index in [2.05, 4.69) is 10.6 Å². The molecule has 0 spiro atoms. The minimum absolute atomic E-state index is 0.0101. The molecule has 216 valence electrons. The second-order valence-electron chi connectivity index (χ2n) is 10.9. The number of rotatable bonds is 11. The SMILES string of the molecule is C[C@@H](OC(C)(C)C)[C@H](NC(=O)OCc1ccccc1)C(=O)N[C@@H](Cc1ccccc1)C(=O)N1CCC[C@H]1C(=O)O. The summed E-state index contributed by atoms with van der Waals surface area (Å²) in [7, 11) is 0. The van der Waals surface area contributed by atoms with E-state index < -0.39 is 53.7 Å². The third kappa shape index (κ3) is 9.08. The lowest BCUT2D eigenvalue weighted by atomic mass is 10.0. The molecule has 0 radical (unpaired) electrons. The quantitative estimate of drug-likeness (QED) is 0.389. The molecule has 0 aromatic heterocycles. The minimum Gasteiger partial charge on any atom is -0.480 e. The van der Waals surface area contributed by atoms with Crippen LogP contribution in [-0.2, 0) is 36.9 Å². The van der Waals surface area contributed by atoms with E-state index in [1.807, 2.05) is 81.4 Å². The molecule has 0 bridgehead atoms. The average molecular weight is 554 g/mol. The molecule has 10 heteroatoms. The van der Waals surface area contributed by atoms with Crippen LogP contribution in [0.5, 0.6) is 0 Å². The number of nitrogens with one attached hydrogen (secondary N) is 2. The molecule has 3 amide bonds. The number of ether oxygens (including phenoxy) is 2. The predicted molar refractivity (Wildman–Crippen MR) is 148 cm³/mol. The molecular weight excluding hydrogens is 514 g/mol. The fourth-order valence-electron chi connectivity index (χ4n) is 4.71. The molecule has 0 unspecified atom stereocenters. The van der Waals surface area contributed by atoms with E-state index in [1.54, 1.807) is 6.92 Å². The molecule has 1 fully saturated rings. The second-order valence-corrected chi connectivity index (χ2v) is 10.9. The Kier molecular flexibility index (Phi) is 10.7. The Labute approximate surface area is 235 Å². The first-order valence-electron chi connectivity index (χ1n) is 13.5. The summed E-state index contributed by atoms with van der Waals surface area (Å²) in [5.41, 5.74) is 0.944. The molecule has 3 N–H and O–H groups in total. The van der Waals surface area contributed by atoms with Crippen LogP contribution in [0.3, 0.4) is 0 Å². The van der Waals surface area contributed by atoms with Gasteiger partial charge in [-0.05, 0) is 51.7 Å². The van der Waals surface area contributed by atoms with Crippen LogP contribution < -0.4 is 10.6 Å². The molecule has 4 atom stereocenters. The molecule has 2 aromatic carbocycles. The molecule has 1 heterocycles. The van der Waals surface area contributed by atoms with Crippen molar-refractivity contribution in [1.82, 2.24) is 15.5 Å². The van der Waals surface area contributed by atoms with Crippen LogP contribution in [0.1, 0.15) is 51.7 Å². The van der Waals surface area contributed by atoms with Crippen molar-refractivity contribution in [2.75, 3.05) is 6.54 Å². The molecule has 10 nitrogen and oxygen atoms in total. The van der Waals surface area contributed by atoms with Gasteiger partial charge in [0, 0.05) is 13.0 Å². The molecule has 0 saturated carbocycles. The van der Waals surface area contributed by atoms with E-state index in [1.165, 1.54) is 4.90 Å². The van der Waals surface area contributed by atoms with Crippen molar-refractivity contribution in [3.63, 3.8) is 0 Å². The van der Waals surface area contributed by atoms with Crippen LogP contribution in [0.2, 0.25) is 0 Å². The number of carboxylic acid groups (broad SMARTS) is 1. The number of carboxylic acids is 1. The second kappa shape index (κ2) is 13.9. The lowest BCUT2D eigenvalue weighted by Crippen LogP contribution is -2.59. The minimum atomic E-state index is -1.19. The highest BCUT2D eigenvalue weighted by molar-refractivity contribution is 5.93. The van der Waals surface area contributed by atoms with Gasteiger partial charge in [0.05, 0.1) is 11.7 Å². The van der Waals surface area contributed by atoms with Crippen LogP contribution in [0.25, 0.3) is 0 Å². The van der Waals surface area contributed by atoms with E-state index >= 15 is 0 Å². The summed E-state index contributed by atoms with van der Waals surface area (Å²) in [6.45, 7) is 7.43. The van der Waals surface area contributed by atoms with Gasteiger partial charge in [-0.2, -0.15) is 0 Å². The number of carbonyl (C=O) groups is 4. The van der Waals surface area contributed by atoms with Gasteiger partial charge < -0.3 is 30.1 Å². The molecule has 1 aliphatic heterocycles. The number of hydrogen-bond donors (Lipinski definition) is 3. The summed E-state index contributed by atoms with van der Waals surface area (Å²) in [6, 6.07) is 15.1. The van der Waals surface area contributed by atoms with E-state index in [4.69, 9.17) is 9.47 Å². The highest BCUT2D eigenvalue weighted by Gasteiger charge is 2.39. The maximum atomic E-state index is 13.7. The largest absolute Gasteiger partial charge is 0.480 e. The van der Waals surface area contributed by atoms with Crippen LogP contribution in [-0.4, -0.2) is 70.3 Å². The molecule has 1 aliphatic rings. The van der Waals surface area contributed by atoms with Gasteiger partial charge in [-0.3, -0.25) is 9.59 Å². The van der Waals surface area contributed by atoms with Crippen molar-refractivity contribution in [3.05, 3.63) is 71.8 Å². The van der Waals surface area contributed by atoms with Gasteiger partial charge in [-0.25, -0.2) is 9.59 Å². The lowest BCUT2D eigenvalue weighted by Gasteiger charge is -2.32. The standard InChI is InChI=1S/C30H39N3O7/c1-20(40-30(2,3)4)25(32-29(38)39-19-22-14-9-6-10-15-22)26(34)31-23(18-21-12-7-5-8-13-21)27(35)33-17-11-16-24(33)28(36)37/h5-10,12-15,20,23-25H,11,16-19H2,1-4H3,(H,31,34)(H,32,38)(H,36,37)/t20-,23+,24+,25+/m1/s1. The number of amides is 3. The third-order valence-corrected chi connectivity index (χ3v) is 6.50. The Hall–Kier alpha value is -3.92. The first-order valence-corrected chi connectivity index (χ1v) is 13.5. The summed E-state index contributed by atoms with van der Waals surface area (Å²) >= 11 is 0. The number of carbonyl (C=O) groups excluding carboxylic acids is 3. The predicted octanol–water partition coefficient (Wildman–Crippen LogP) is 3.29. The number of likely N-dealkylation sites (tertiary alicyclic amines) is 1. The summed E-state index contributed by atoms with van der Waals surface area (Å²) in [6.07, 6.45) is -0.544. The Morgan fingerprint density at radius 1 is 0.975 bits per heavy atom. The van der Waals surface area contributed by atoms with E-state index in [0.717, 1.165) is 11.1 Å². The van der Waals surface area contributed by atoms with E-state index in [9.17, 15) is 24.3 Å². The topological polar surface area (TPSA) is 134 Å². The zero-order valence-corrected chi connectivity index (χ0v) is 23.5. The monoisotopic (exact) mass is 553 g/mol. The number of benzene rings is 2. The van der Waals surface area contributed by atoms with E-state index in [0.29, 0.717) is 12.8 Å². The Morgan fingerprint density at radius 2 is 1.57 bits per heavy atom. The van der Waals surface area contributed by atoms with Crippen molar-refractivity contribution < 1.29 is 33.8 Å². The lowest BCUT2D eigenvalue weighted by molar-refractivity contribution is -0.149. The first kappa shape index (κ1) is 30.6. The van der Waals surface area contributed by atoms with Gasteiger partial charge in [0.15, 0.2) is 0 Å². The molecule has 1 saturated heterocycles. The first-order chi connectivity index (χ1) is 18.9. The van der Waals surface area contributed by atoms with Crippen LogP contribution in [0, 0.1) is 0 Å². The van der Waals surface area contributed by atoms with Crippen molar-refractivity contribution in [1.29, 1.82) is 0 Å². The van der Waals surface area contributed by atoms with Crippen LogP contribution in [0.4, 0.5) is 4.79 Å². The Balaban J connectivity index is 1.81. The maximum absolute atomic E-state index is 13.7. The molecule has 2 aromatic rings. The average Bonchev–Trinajstić information content (AvgIpc) is 3.40. The normalized spacial score (nSPS) is 17.4. The van der Waals surface area contributed by atoms with Gasteiger partial charge in [0.2, 0.25) is 11.8 Å². The smallest absolute Gasteiger partial charge is 0.408 e.